The molecule has 1 atom stereocenters. The Kier molecular flexibility index (Phi) is 4.36. The SMILES string of the molecule is O=C(NCc1cccs1)N1CCc2sccc2C1c1ccccc1. The third-order valence-corrected chi connectivity index (χ3v) is 6.21. The maximum Gasteiger partial charge on any atom is 0.318 e. The molecule has 1 unspecified atom stereocenters. The zero-order valence-corrected chi connectivity index (χ0v) is 14.8. The smallest absolute Gasteiger partial charge is 0.318 e. The Bertz CT molecular complexity index is 811. The van der Waals surface area contributed by atoms with Crippen LogP contribution in [-0.4, -0.2) is 17.5 Å². The number of hydrogen-bond donors (Lipinski definition) is 1. The van der Waals surface area contributed by atoms with Crippen LogP contribution in [0.1, 0.15) is 26.9 Å². The summed E-state index contributed by atoms with van der Waals surface area (Å²) in [6.45, 7) is 1.34. The molecule has 0 aliphatic carbocycles. The first-order valence-corrected chi connectivity index (χ1v) is 9.77. The normalized spacial score (nSPS) is 16.7. The summed E-state index contributed by atoms with van der Waals surface area (Å²) < 4.78 is 0. The molecule has 0 radical (unpaired) electrons. The highest BCUT2D eigenvalue weighted by atomic mass is 32.1. The number of carbonyl (C=O) groups excluding carboxylic acids is 1. The second kappa shape index (κ2) is 6.79. The van der Waals surface area contributed by atoms with Gasteiger partial charge in [0, 0.05) is 16.3 Å². The van der Waals surface area contributed by atoms with E-state index in [4.69, 9.17) is 0 Å². The summed E-state index contributed by atoms with van der Waals surface area (Å²) in [5, 5.41) is 7.25. The summed E-state index contributed by atoms with van der Waals surface area (Å²) in [7, 11) is 0. The average Bonchev–Trinajstić information content (AvgIpc) is 3.30. The Labute approximate surface area is 149 Å². The van der Waals surface area contributed by atoms with Crippen molar-refractivity contribution in [3.05, 3.63) is 80.2 Å². The maximum absolute atomic E-state index is 12.8. The van der Waals surface area contributed by atoms with Crippen molar-refractivity contribution in [2.45, 2.75) is 19.0 Å². The van der Waals surface area contributed by atoms with E-state index in [1.54, 1.807) is 22.7 Å². The van der Waals surface area contributed by atoms with Crippen LogP contribution < -0.4 is 5.32 Å². The van der Waals surface area contributed by atoms with Gasteiger partial charge in [-0.2, -0.15) is 0 Å². The number of nitrogens with one attached hydrogen (secondary N) is 1. The monoisotopic (exact) mass is 354 g/mol. The van der Waals surface area contributed by atoms with Gasteiger partial charge >= 0.3 is 6.03 Å². The molecule has 1 N–H and O–H groups in total. The molecule has 24 heavy (non-hydrogen) atoms. The highest BCUT2D eigenvalue weighted by molar-refractivity contribution is 7.10. The van der Waals surface area contributed by atoms with Crippen LogP contribution >= 0.6 is 22.7 Å². The molecule has 3 nitrogen and oxygen atoms in total. The molecule has 0 fully saturated rings. The lowest BCUT2D eigenvalue weighted by atomic mass is 9.93. The largest absolute Gasteiger partial charge is 0.333 e. The summed E-state index contributed by atoms with van der Waals surface area (Å²) in [6, 6.07) is 16.5. The molecule has 1 aromatic carbocycles. The Morgan fingerprint density at radius 2 is 1.96 bits per heavy atom. The molecule has 3 heterocycles. The number of thiophene rings is 2. The van der Waals surface area contributed by atoms with Gasteiger partial charge in [-0.25, -0.2) is 4.79 Å². The molecule has 2 amide bonds. The standard InChI is InChI=1S/C19H18N2OS2/c22-19(20-13-15-7-4-11-23-15)21-10-8-17-16(9-12-24-17)18(21)14-5-2-1-3-6-14/h1-7,9,11-12,18H,8,10,13H2,(H,20,22). The summed E-state index contributed by atoms with van der Waals surface area (Å²) in [5.41, 5.74) is 2.44. The molecule has 0 spiro atoms. The number of benzene rings is 1. The first kappa shape index (κ1) is 15.4. The van der Waals surface area contributed by atoms with Crippen molar-refractivity contribution in [1.82, 2.24) is 10.2 Å². The quantitative estimate of drug-likeness (QED) is 0.728. The molecule has 1 aliphatic heterocycles. The number of urea groups is 1. The second-order valence-electron chi connectivity index (χ2n) is 5.79. The Hall–Kier alpha value is -2.11. The number of hydrogen-bond acceptors (Lipinski definition) is 3. The lowest BCUT2D eigenvalue weighted by Crippen LogP contribution is -2.45. The van der Waals surface area contributed by atoms with Crippen LogP contribution in [-0.2, 0) is 13.0 Å². The third-order valence-electron chi connectivity index (χ3n) is 4.34. The fourth-order valence-electron chi connectivity index (χ4n) is 3.21. The lowest BCUT2D eigenvalue weighted by Gasteiger charge is -2.36. The maximum atomic E-state index is 12.8. The van der Waals surface area contributed by atoms with Crippen molar-refractivity contribution in [3.8, 4) is 0 Å². The van der Waals surface area contributed by atoms with Crippen LogP contribution in [0.3, 0.4) is 0 Å². The van der Waals surface area contributed by atoms with Crippen molar-refractivity contribution in [2.75, 3.05) is 6.54 Å². The highest BCUT2D eigenvalue weighted by Crippen LogP contribution is 2.37. The zero-order valence-electron chi connectivity index (χ0n) is 13.1. The fraction of sp³-hybridized carbons (Fsp3) is 0.211. The van der Waals surface area contributed by atoms with Gasteiger partial charge in [0.2, 0.25) is 0 Å². The Morgan fingerprint density at radius 3 is 2.75 bits per heavy atom. The van der Waals surface area contributed by atoms with Crippen molar-refractivity contribution in [3.63, 3.8) is 0 Å². The van der Waals surface area contributed by atoms with E-state index in [0.29, 0.717) is 6.54 Å². The van der Waals surface area contributed by atoms with E-state index in [0.717, 1.165) is 13.0 Å². The minimum absolute atomic E-state index is 0.00420. The number of nitrogens with zero attached hydrogens (tertiary/aromatic N) is 1. The molecule has 5 heteroatoms. The summed E-state index contributed by atoms with van der Waals surface area (Å²) >= 11 is 3.46. The van der Waals surface area contributed by atoms with E-state index in [-0.39, 0.29) is 12.1 Å². The molecule has 0 saturated carbocycles. The van der Waals surface area contributed by atoms with E-state index in [1.807, 2.05) is 40.6 Å². The minimum Gasteiger partial charge on any atom is -0.333 e. The molecule has 1 aliphatic rings. The Balaban J connectivity index is 1.60. The van der Waals surface area contributed by atoms with Crippen LogP contribution in [0.4, 0.5) is 4.79 Å². The van der Waals surface area contributed by atoms with Gasteiger partial charge in [-0.15, -0.1) is 22.7 Å². The summed E-state index contributed by atoms with van der Waals surface area (Å²) in [5.74, 6) is 0. The van der Waals surface area contributed by atoms with Crippen LogP contribution in [0.25, 0.3) is 0 Å². The van der Waals surface area contributed by atoms with Crippen molar-refractivity contribution in [2.24, 2.45) is 0 Å². The predicted molar refractivity (Wildman–Crippen MR) is 99.6 cm³/mol. The number of amides is 2. The molecule has 4 rings (SSSR count). The molecular weight excluding hydrogens is 336 g/mol. The topological polar surface area (TPSA) is 32.3 Å². The van der Waals surface area contributed by atoms with Crippen molar-refractivity contribution >= 4 is 28.7 Å². The third kappa shape index (κ3) is 2.97. The zero-order chi connectivity index (χ0) is 16.4. The van der Waals surface area contributed by atoms with Gasteiger partial charge in [-0.1, -0.05) is 36.4 Å². The van der Waals surface area contributed by atoms with Crippen LogP contribution in [0, 0.1) is 0 Å². The fourth-order valence-corrected chi connectivity index (χ4v) is 4.76. The van der Waals surface area contributed by atoms with E-state index < -0.39 is 0 Å². The predicted octanol–water partition coefficient (Wildman–Crippen LogP) is 4.67. The number of rotatable bonds is 3. The van der Waals surface area contributed by atoms with Gasteiger partial charge in [0.05, 0.1) is 12.6 Å². The lowest BCUT2D eigenvalue weighted by molar-refractivity contribution is 0.180. The van der Waals surface area contributed by atoms with E-state index >= 15 is 0 Å². The average molecular weight is 355 g/mol. The second-order valence-corrected chi connectivity index (χ2v) is 7.83. The van der Waals surface area contributed by atoms with Crippen molar-refractivity contribution < 1.29 is 4.79 Å². The van der Waals surface area contributed by atoms with E-state index in [1.165, 1.54) is 20.9 Å². The number of carbonyl (C=O) groups is 1. The van der Waals surface area contributed by atoms with E-state index in [2.05, 4.69) is 28.9 Å². The summed E-state index contributed by atoms with van der Waals surface area (Å²) in [4.78, 5) is 17.4. The molecule has 122 valence electrons. The van der Waals surface area contributed by atoms with Gasteiger partial charge < -0.3 is 10.2 Å². The van der Waals surface area contributed by atoms with Crippen LogP contribution in [0.5, 0.6) is 0 Å². The van der Waals surface area contributed by atoms with E-state index in [9.17, 15) is 4.79 Å². The Morgan fingerprint density at radius 1 is 1.08 bits per heavy atom. The van der Waals surface area contributed by atoms with Crippen molar-refractivity contribution in [1.29, 1.82) is 0 Å². The molecular formula is C19H18N2OS2. The molecule has 0 bridgehead atoms. The van der Waals surface area contributed by atoms with Gasteiger partial charge in [-0.3, -0.25) is 0 Å². The first-order chi connectivity index (χ1) is 11.8. The molecule has 2 aromatic heterocycles. The first-order valence-electron chi connectivity index (χ1n) is 8.01. The minimum atomic E-state index is 0.00420. The van der Waals surface area contributed by atoms with Gasteiger partial charge in [0.25, 0.3) is 0 Å². The van der Waals surface area contributed by atoms with Crippen LogP contribution in [0.2, 0.25) is 0 Å². The van der Waals surface area contributed by atoms with Crippen LogP contribution in [0.15, 0.2) is 59.3 Å². The highest BCUT2D eigenvalue weighted by Gasteiger charge is 2.32. The number of fused-ring (bicyclic) bond motifs is 1. The van der Waals surface area contributed by atoms with Gasteiger partial charge in [-0.05, 0) is 40.4 Å². The van der Waals surface area contributed by atoms with Gasteiger partial charge in [0.1, 0.15) is 0 Å². The molecule has 0 saturated heterocycles. The molecule has 3 aromatic rings. The summed E-state index contributed by atoms with van der Waals surface area (Å²) in [6.07, 6.45) is 0.933. The van der Waals surface area contributed by atoms with Gasteiger partial charge in [0.15, 0.2) is 0 Å².